The zero-order valence-corrected chi connectivity index (χ0v) is 25.9. The summed E-state index contributed by atoms with van der Waals surface area (Å²) in [7, 11) is 0. The van der Waals surface area contributed by atoms with E-state index < -0.39 is 23.9 Å². The topological polar surface area (TPSA) is 93.0 Å². The van der Waals surface area contributed by atoms with Crippen LogP contribution >= 0.6 is 0 Å². The van der Waals surface area contributed by atoms with Gasteiger partial charge in [-0.25, -0.2) is 13.8 Å². The van der Waals surface area contributed by atoms with Crippen LogP contribution in [0.1, 0.15) is 81.8 Å². The van der Waals surface area contributed by atoms with Crippen molar-refractivity contribution in [2.75, 3.05) is 38.1 Å². The van der Waals surface area contributed by atoms with Gasteiger partial charge in [0.1, 0.15) is 6.10 Å². The maximum absolute atomic E-state index is 14.3. The highest BCUT2D eigenvalue weighted by Gasteiger charge is 2.29. The van der Waals surface area contributed by atoms with E-state index in [1.807, 2.05) is 0 Å². The van der Waals surface area contributed by atoms with Gasteiger partial charge in [0.2, 0.25) is 11.9 Å². The normalized spacial score (nSPS) is 18.9. The highest BCUT2D eigenvalue weighted by Crippen LogP contribution is 2.33. The molecule has 4 aromatic rings. The molecule has 4 heterocycles. The number of fused-ring (bicyclic) bond motifs is 1. The Morgan fingerprint density at radius 1 is 1.00 bits per heavy atom. The highest BCUT2D eigenvalue weighted by molar-refractivity contribution is 5.77. The number of para-hydroxylation sites is 2. The largest absolute Gasteiger partial charge is 0.368 e. The third kappa shape index (κ3) is 6.60. The van der Waals surface area contributed by atoms with E-state index in [0.29, 0.717) is 47.9 Å². The van der Waals surface area contributed by atoms with Crippen LogP contribution in [-0.2, 0) is 11.2 Å². The molecule has 0 radical (unpaired) electrons. The minimum atomic E-state index is -2.81. The molecular formula is C33H42F2N8O. The second kappa shape index (κ2) is 12.8. The number of hydrogen-bond donors (Lipinski definition) is 2. The average molecular weight is 605 g/mol. The van der Waals surface area contributed by atoms with Crippen LogP contribution in [-0.4, -0.2) is 73.8 Å². The third-order valence-electron chi connectivity index (χ3n) is 8.68. The van der Waals surface area contributed by atoms with Crippen molar-refractivity contribution in [1.82, 2.24) is 34.7 Å². The summed E-state index contributed by atoms with van der Waals surface area (Å²) in [5, 5.41) is 6.84. The van der Waals surface area contributed by atoms with Crippen molar-refractivity contribution in [3.8, 4) is 5.95 Å². The number of benzene rings is 2. The fourth-order valence-electron chi connectivity index (χ4n) is 6.46. The van der Waals surface area contributed by atoms with Gasteiger partial charge in [-0.2, -0.15) is 15.0 Å². The van der Waals surface area contributed by atoms with E-state index in [1.165, 1.54) is 15.7 Å². The lowest BCUT2D eigenvalue weighted by molar-refractivity contribution is 0.0220. The number of anilines is 1. The first kappa shape index (κ1) is 30.5. The molecular weight excluding hydrogens is 562 g/mol. The van der Waals surface area contributed by atoms with Crippen LogP contribution < -0.4 is 10.6 Å². The van der Waals surface area contributed by atoms with E-state index in [-0.39, 0.29) is 5.95 Å². The van der Waals surface area contributed by atoms with Gasteiger partial charge in [0, 0.05) is 24.7 Å². The number of imidazole rings is 1. The summed E-state index contributed by atoms with van der Waals surface area (Å²) >= 11 is 0. The molecule has 0 bridgehead atoms. The van der Waals surface area contributed by atoms with Gasteiger partial charge in [0.05, 0.1) is 17.6 Å². The molecule has 9 nitrogen and oxygen atoms in total. The highest BCUT2D eigenvalue weighted by atomic mass is 19.3. The van der Waals surface area contributed by atoms with E-state index in [0.717, 1.165) is 38.9 Å². The number of alkyl halides is 2. The molecule has 6 rings (SSSR count). The number of nitrogens with zero attached hydrogens (tertiary/aromatic N) is 6. The predicted octanol–water partition coefficient (Wildman–Crippen LogP) is 5.83. The first-order chi connectivity index (χ1) is 21.2. The number of aromatic nitrogens is 5. The number of rotatable bonds is 9. The fraction of sp³-hybridized carbons (Fsp3) is 0.515. The number of hydrogen-bond acceptors (Lipinski definition) is 8. The van der Waals surface area contributed by atoms with Crippen LogP contribution in [0.4, 0.5) is 14.7 Å². The van der Waals surface area contributed by atoms with Gasteiger partial charge < -0.3 is 20.3 Å². The maximum Gasteiger partial charge on any atom is 0.296 e. The Bertz CT molecular complexity index is 1580. The lowest BCUT2D eigenvalue weighted by Crippen LogP contribution is -2.38. The molecule has 0 amide bonds. The van der Waals surface area contributed by atoms with Crippen molar-refractivity contribution >= 4 is 17.0 Å². The molecule has 2 N–H and O–H groups in total. The molecule has 2 saturated heterocycles. The second-order valence-electron chi connectivity index (χ2n) is 12.8. The van der Waals surface area contributed by atoms with Crippen molar-refractivity contribution in [1.29, 1.82) is 0 Å². The zero-order chi connectivity index (χ0) is 30.8. The Morgan fingerprint density at radius 2 is 1.75 bits per heavy atom. The number of morpholine rings is 1. The average Bonchev–Trinajstić information content (AvgIpc) is 3.41. The van der Waals surface area contributed by atoms with Gasteiger partial charge in [-0.3, -0.25) is 4.57 Å². The van der Waals surface area contributed by atoms with Gasteiger partial charge in [-0.15, -0.1) is 0 Å². The van der Waals surface area contributed by atoms with Crippen LogP contribution in [0.25, 0.3) is 17.0 Å². The SMILES string of the molecule is CC(C)N1CCC(c2ccccc2CC(C)(C)Nc2nc(C3CNCCO3)nc(-n3c(C(F)F)nc4ccccc43)n2)CC1. The molecule has 234 valence electrons. The first-order valence-corrected chi connectivity index (χ1v) is 15.6. The van der Waals surface area contributed by atoms with Crippen molar-refractivity contribution in [2.45, 2.75) is 77.0 Å². The Kier molecular flexibility index (Phi) is 8.89. The first-order valence-electron chi connectivity index (χ1n) is 15.6. The number of halogens is 2. The lowest BCUT2D eigenvalue weighted by atomic mass is 9.82. The van der Waals surface area contributed by atoms with Gasteiger partial charge >= 0.3 is 0 Å². The summed E-state index contributed by atoms with van der Waals surface area (Å²) in [5.74, 6) is 0.892. The molecule has 44 heavy (non-hydrogen) atoms. The van der Waals surface area contributed by atoms with Gasteiger partial charge in [-0.05, 0) is 89.2 Å². The predicted molar refractivity (Wildman–Crippen MR) is 168 cm³/mol. The van der Waals surface area contributed by atoms with E-state index in [4.69, 9.17) is 14.7 Å². The molecule has 11 heteroatoms. The number of likely N-dealkylation sites (tertiary alicyclic amines) is 1. The number of nitrogens with one attached hydrogen (secondary N) is 2. The van der Waals surface area contributed by atoms with Crippen LogP contribution in [0.2, 0.25) is 0 Å². The Balaban J connectivity index is 1.32. The van der Waals surface area contributed by atoms with E-state index in [9.17, 15) is 8.78 Å². The number of ether oxygens (including phenoxy) is 1. The van der Waals surface area contributed by atoms with Crippen LogP contribution in [0.3, 0.4) is 0 Å². The molecule has 2 fully saturated rings. The summed E-state index contributed by atoms with van der Waals surface area (Å²) < 4.78 is 35.8. The standard InChI is InChI=1S/C33H42F2N8O/c1-21(2)42-16-13-22(14-17-42)24-10-6-5-9-23(24)19-33(3,4)41-31-38-29(27-20-36-15-18-44-27)39-32(40-31)43-26-12-8-7-11-25(26)37-30(43)28(34)35/h5-12,21-22,27-28,36H,13-20H2,1-4H3,(H,38,39,40,41). The Morgan fingerprint density at radius 3 is 2.48 bits per heavy atom. The van der Waals surface area contributed by atoms with Gasteiger partial charge in [0.15, 0.2) is 11.6 Å². The monoisotopic (exact) mass is 604 g/mol. The van der Waals surface area contributed by atoms with Gasteiger partial charge in [0.25, 0.3) is 6.43 Å². The smallest absolute Gasteiger partial charge is 0.296 e. The summed E-state index contributed by atoms with van der Waals surface area (Å²) in [4.78, 5) is 20.9. The number of piperidine rings is 1. The van der Waals surface area contributed by atoms with Crippen molar-refractivity contribution < 1.29 is 13.5 Å². The van der Waals surface area contributed by atoms with Crippen LogP contribution in [0.15, 0.2) is 48.5 Å². The van der Waals surface area contributed by atoms with Crippen LogP contribution in [0.5, 0.6) is 0 Å². The van der Waals surface area contributed by atoms with Crippen molar-refractivity contribution in [2.24, 2.45) is 0 Å². The summed E-state index contributed by atoms with van der Waals surface area (Å²) in [6.07, 6.45) is -0.223. The molecule has 0 aliphatic carbocycles. The van der Waals surface area contributed by atoms with E-state index in [2.05, 4.69) is 77.5 Å². The Hall–Kier alpha value is -3.54. The van der Waals surface area contributed by atoms with Crippen molar-refractivity contribution in [3.05, 3.63) is 71.3 Å². The summed E-state index contributed by atoms with van der Waals surface area (Å²) in [6, 6.07) is 16.3. The van der Waals surface area contributed by atoms with E-state index in [1.54, 1.807) is 24.3 Å². The summed E-state index contributed by atoms with van der Waals surface area (Å²) in [6.45, 7) is 12.7. The minimum Gasteiger partial charge on any atom is -0.368 e. The van der Waals surface area contributed by atoms with E-state index >= 15 is 0 Å². The fourth-order valence-corrected chi connectivity index (χ4v) is 6.46. The molecule has 2 aliphatic heterocycles. The van der Waals surface area contributed by atoms with Crippen LogP contribution in [0, 0.1) is 0 Å². The third-order valence-corrected chi connectivity index (χ3v) is 8.68. The molecule has 1 unspecified atom stereocenters. The maximum atomic E-state index is 14.3. The molecule has 1 atom stereocenters. The second-order valence-corrected chi connectivity index (χ2v) is 12.8. The zero-order valence-electron chi connectivity index (χ0n) is 25.9. The summed E-state index contributed by atoms with van der Waals surface area (Å²) in [5.41, 5.74) is 3.19. The molecule has 0 saturated carbocycles. The minimum absolute atomic E-state index is 0.0868. The Labute approximate surface area is 257 Å². The lowest BCUT2D eigenvalue weighted by Gasteiger charge is -2.36. The van der Waals surface area contributed by atoms with Crippen molar-refractivity contribution in [3.63, 3.8) is 0 Å². The molecule has 0 spiro atoms. The quantitative estimate of drug-likeness (QED) is 0.247. The molecule has 2 aromatic heterocycles. The molecule has 2 aliphatic rings. The molecule has 2 aromatic carbocycles. The van der Waals surface area contributed by atoms with Gasteiger partial charge in [-0.1, -0.05) is 36.4 Å².